The summed E-state index contributed by atoms with van der Waals surface area (Å²) in [5, 5.41) is 11.5. The summed E-state index contributed by atoms with van der Waals surface area (Å²) in [6.45, 7) is 9.26. The number of anilines is 4. The summed E-state index contributed by atoms with van der Waals surface area (Å²) in [6, 6.07) is 14.2. The van der Waals surface area contributed by atoms with Gasteiger partial charge in [0.15, 0.2) is 0 Å². The summed E-state index contributed by atoms with van der Waals surface area (Å²) in [5.41, 5.74) is 2.22. The third kappa shape index (κ3) is 7.24. The minimum absolute atomic E-state index is 0.0584. The second-order valence-corrected chi connectivity index (χ2v) is 8.41. The van der Waals surface area contributed by atoms with Crippen molar-refractivity contribution in [3.63, 3.8) is 0 Å². The van der Waals surface area contributed by atoms with Crippen molar-refractivity contribution in [3.8, 4) is 0 Å². The van der Waals surface area contributed by atoms with Gasteiger partial charge >= 0.3 is 0 Å². The molecule has 3 amide bonds. The lowest BCUT2D eigenvalue weighted by atomic mass is 9.95. The Morgan fingerprint density at radius 1 is 0.800 bits per heavy atom. The molecule has 0 radical (unpaired) electrons. The molecule has 0 saturated heterocycles. The third-order valence-corrected chi connectivity index (χ3v) is 4.22. The number of carbonyl (C=O) groups excluding carboxylic acids is 3. The molecule has 0 aliphatic heterocycles. The molecule has 160 valence electrons. The Balaban J connectivity index is 1.87. The molecule has 0 aliphatic carbocycles. The predicted octanol–water partition coefficient (Wildman–Crippen LogP) is 4.32. The van der Waals surface area contributed by atoms with Crippen LogP contribution in [0.25, 0.3) is 0 Å². The van der Waals surface area contributed by atoms with Gasteiger partial charge in [-0.05, 0) is 42.5 Å². The number of hydrogen-bond donors (Lipinski definition) is 4. The molecule has 0 bridgehead atoms. The van der Waals surface area contributed by atoms with E-state index in [9.17, 15) is 14.4 Å². The summed E-state index contributed by atoms with van der Waals surface area (Å²) < 4.78 is 0. The van der Waals surface area contributed by atoms with Gasteiger partial charge in [0.2, 0.25) is 17.7 Å². The fraction of sp³-hybridized carbons (Fsp3) is 0.348. The van der Waals surface area contributed by atoms with Crippen molar-refractivity contribution in [2.45, 2.75) is 34.6 Å². The van der Waals surface area contributed by atoms with Gasteiger partial charge in [-0.3, -0.25) is 14.4 Å². The number of hydrogen-bond acceptors (Lipinski definition) is 4. The minimum atomic E-state index is -0.490. The van der Waals surface area contributed by atoms with E-state index in [1.807, 2.05) is 46.8 Å². The zero-order valence-corrected chi connectivity index (χ0v) is 18.1. The van der Waals surface area contributed by atoms with Crippen molar-refractivity contribution in [1.82, 2.24) is 0 Å². The number of carbonyl (C=O) groups is 3. The first-order chi connectivity index (χ1) is 14.0. The average Bonchev–Trinajstić information content (AvgIpc) is 2.67. The molecule has 0 unspecified atom stereocenters. The van der Waals surface area contributed by atoms with Crippen LogP contribution in [0.1, 0.15) is 34.6 Å². The minimum Gasteiger partial charge on any atom is -0.376 e. The second-order valence-electron chi connectivity index (χ2n) is 8.41. The molecule has 0 saturated carbocycles. The molecule has 0 spiro atoms. The van der Waals surface area contributed by atoms with Gasteiger partial charge in [0.25, 0.3) is 0 Å². The van der Waals surface area contributed by atoms with Gasteiger partial charge < -0.3 is 21.3 Å². The van der Waals surface area contributed by atoms with Crippen LogP contribution in [0.5, 0.6) is 0 Å². The molecule has 0 aliphatic rings. The highest BCUT2D eigenvalue weighted by molar-refractivity contribution is 5.96. The van der Waals surface area contributed by atoms with Gasteiger partial charge in [-0.15, -0.1) is 0 Å². The summed E-state index contributed by atoms with van der Waals surface area (Å²) in [7, 11) is 0. The quantitative estimate of drug-likeness (QED) is 0.546. The van der Waals surface area contributed by atoms with E-state index in [2.05, 4.69) is 21.3 Å². The fourth-order valence-electron chi connectivity index (χ4n) is 2.34. The largest absolute Gasteiger partial charge is 0.376 e. The first kappa shape index (κ1) is 22.9. The van der Waals surface area contributed by atoms with E-state index in [0.29, 0.717) is 17.1 Å². The Hall–Kier alpha value is -3.35. The van der Waals surface area contributed by atoms with Crippen molar-refractivity contribution >= 4 is 40.5 Å². The maximum Gasteiger partial charge on any atom is 0.243 e. The molecule has 30 heavy (non-hydrogen) atoms. The van der Waals surface area contributed by atoms with Crippen LogP contribution < -0.4 is 21.3 Å². The zero-order valence-electron chi connectivity index (χ0n) is 18.1. The topological polar surface area (TPSA) is 99.3 Å². The maximum atomic E-state index is 12.2. The van der Waals surface area contributed by atoms with Crippen LogP contribution in [0, 0.1) is 11.3 Å². The first-order valence-electron chi connectivity index (χ1n) is 9.91. The van der Waals surface area contributed by atoms with Gasteiger partial charge in [-0.25, -0.2) is 0 Å². The van der Waals surface area contributed by atoms with Crippen LogP contribution in [0.4, 0.5) is 22.7 Å². The van der Waals surface area contributed by atoms with Crippen molar-refractivity contribution in [2.24, 2.45) is 11.3 Å². The molecule has 0 fully saturated rings. The highest BCUT2D eigenvalue weighted by Crippen LogP contribution is 2.20. The summed E-state index contributed by atoms with van der Waals surface area (Å²) in [6.07, 6.45) is 0. The molecule has 7 heteroatoms. The molecule has 2 aromatic rings. The Labute approximate surface area is 177 Å². The fourth-order valence-corrected chi connectivity index (χ4v) is 2.34. The van der Waals surface area contributed by atoms with Crippen LogP contribution in [0.3, 0.4) is 0 Å². The molecule has 2 rings (SSSR count). The lowest BCUT2D eigenvalue weighted by molar-refractivity contribution is -0.123. The van der Waals surface area contributed by atoms with E-state index < -0.39 is 5.41 Å². The van der Waals surface area contributed by atoms with Crippen molar-refractivity contribution < 1.29 is 14.4 Å². The number of amides is 3. The summed E-state index contributed by atoms with van der Waals surface area (Å²) >= 11 is 0. The van der Waals surface area contributed by atoms with Crippen LogP contribution in [0.15, 0.2) is 48.5 Å². The molecule has 0 heterocycles. The SMILES string of the molecule is CC(C)C(=O)Nc1ccc(NC(=O)CNc2cccc(NC(=O)C(C)(C)C)c2)cc1. The van der Waals surface area contributed by atoms with Crippen molar-refractivity contribution in [1.29, 1.82) is 0 Å². The van der Waals surface area contributed by atoms with E-state index in [-0.39, 0.29) is 30.2 Å². The van der Waals surface area contributed by atoms with Gasteiger partial charge in [0.05, 0.1) is 6.54 Å². The number of nitrogens with one attached hydrogen (secondary N) is 4. The highest BCUT2D eigenvalue weighted by Gasteiger charge is 2.21. The lowest BCUT2D eigenvalue weighted by Gasteiger charge is -2.18. The monoisotopic (exact) mass is 410 g/mol. The Kier molecular flexibility index (Phi) is 7.58. The summed E-state index contributed by atoms with van der Waals surface area (Å²) in [5.74, 6) is -0.448. The third-order valence-electron chi connectivity index (χ3n) is 4.22. The van der Waals surface area contributed by atoms with Crippen molar-refractivity contribution in [2.75, 3.05) is 27.8 Å². The van der Waals surface area contributed by atoms with Crippen LogP contribution in [-0.4, -0.2) is 24.3 Å². The molecule has 4 N–H and O–H groups in total. The normalized spacial score (nSPS) is 11.0. The van der Waals surface area contributed by atoms with Crippen LogP contribution >= 0.6 is 0 Å². The maximum absolute atomic E-state index is 12.2. The number of rotatable bonds is 7. The van der Waals surface area contributed by atoms with Gasteiger partial charge in [0, 0.05) is 34.1 Å². The van der Waals surface area contributed by atoms with Crippen molar-refractivity contribution in [3.05, 3.63) is 48.5 Å². The van der Waals surface area contributed by atoms with Gasteiger partial charge in [-0.2, -0.15) is 0 Å². The lowest BCUT2D eigenvalue weighted by Crippen LogP contribution is -2.27. The summed E-state index contributed by atoms with van der Waals surface area (Å²) in [4.78, 5) is 36.0. The molecule has 7 nitrogen and oxygen atoms in total. The van der Waals surface area contributed by atoms with E-state index in [4.69, 9.17) is 0 Å². The van der Waals surface area contributed by atoms with E-state index in [1.54, 1.807) is 36.4 Å². The second kappa shape index (κ2) is 9.91. The van der Waals surface area contributed by atoms with Gasteiger partial charge in [-0.1, -0.05) is 40.7 Å². The molecule has 2 aromatic carbocycles. The molecular formula is C23H30N4O3. The molecule has 0 aromatic heterocycles. The molecule has 0 atom stereocenters. The average molecular weight is 411 g/mol. The van der Waals surface area contributed by atoms with E-state index in [0.717, 1.165) is 5.69 Å². The van der Waals surface area contributed by atoms with Gasteiger partial charge in [0.1, 0.15) is 0 Å². The smallest absolute Gasteiger partial charge is 0.243 e. The van der Waals surface area contributed by atoms with Crippen LogP contribution in [-0.2, 0) is 14.4 Å². The highest BCUT2D eigenvalue weighted by atomic mass is 16.2. The molecular weight excluding hydrogens is 380 g/mol. The number of benzene rings is 2. The first-order valence-corrected chi connectivity index (χ1v) is 9.91. The Morgan fingerprint density at radius 2 is 1.37 bits per heavy atom. The van der Waals surface area contributed by atoms with E-state index >= 15 is 0 Å². The Bertz CT molecular complexity index is 899. The van der Waals surface area contributed by atoms with E-state index in [1.165, 1.54) is 0 Å². The zero-order chi connectivity index (χ0) is 22.3. The van der Waals surface area contributed by atoms with Crippen LogP contribution in [0.2, 0.25) is 0 Å². The Morgan fingerprint density at radius 3 is 1.93 bits per heavy atom. The standard InChI is InChI=1S/C23H30N4O3/c1-15(2)21(29)26-17-11-9-16(10-12-17)25-20(28)14-24-18-7-6-8-19(13-18)27-22(30)23(3,4)5/h6-13,15,24H,14H2,1-5H3,(H,25,28)(H,26,29)(H,27,30). The predicted molar refractivity (Wildman–Crippen MR) is 122 cm³/mol.